The van der Waals surface area contributed by atoms with Crippen LogP contribution in [-0.4, -0.2) is 24.2 Å². The molecule has 14 heavy (non-hydrogen) atoms. The van der Waals surface area contributed by atoms with E-state index in [1.807, 2.05) is 6.07 Å². The molecule has 1 heterocycles. The minimum absolute atomic E-state index is 0.311. The van der Waals surface area contributed by atoms with Gasteiger partial charge in [0, 0.05) is 17.7 Å². The van der Waals surface area contributed by atoms with Crippen LogP contribution in [0.4, 0.5) is 5.69 Å². The number of fused-ring (bicyclic) bond motifs is 1. The third kappa shape index (κ3) is 1.33. The molecule has 0 aliphatic carbocycles. The molecule has 0 radical (unpaired) electrons. The van der Waals surface area contributed by atoms with Gasteiger partial charge in [0.05, 0.1) is 7.11 Å². The first kappa shape index (κ1) is 9.02. The molecule has 1 aliphatic rings. The minimum Gasteiger partial charge on any atom is -0.496 e. The van der Waals surface area contributed by atoms with Gasteiger partial charge in [-0.2, -0.15) is 0 Å². The zero-order chi connectivity index (χ0) is 10.1. The van der Waals surface area contributed by atoms with Crippen molar-refractivity contribution >= 4 is 11.6 Å². The summed E-state index contributed by atoms with van der Waals surface area (Å²) in [6.45, 7) is 0. The van der Waals surface area contributed by atoms with Crippen molar-refractivity contribution in [3.8, 4) is 5.75 Å². The molecule has 0 saturated carbocycles. The second-order valence-electron chi connectivity index (χ2n) is 3.20. The smallest absolute Gasteiger partial charge is 0.253 e. The van der Waals surface area contributed by atoms with E-state index in [1.165, 1.54) is 0 Å². The molecule has 1 unspecified atom stereocenters. The number of anilines is 1. The van der Waals surface area contributed by atoms with Crippen LogP contribution in [0.25, 0.3) is 0 Å². The summed E-state index contributed by atoms with van der Waals surface area (Å²) >= 11 is 0. The molecule has 74 valence electrons. The number of ether oxygens (including phenoxy) is 1. The maximum atomic E-state index is 11.2. The number of carbonyl (C=O) groups excluding carboxylic acids is 1. The molecule has 0 fully saturated rings. The molecule has 0 aromatic heterocycles. The summed E-state index contributed by atoms with van der Waals surface area (Å²) in [6.07, 6.45) is -0.663. The fourth-order valence-electron chi connectivity index (χ4n) is 1.59. The predicted molar refractivity (Wildman–Crippen MR) is 51.3 cm³/mol. The van der Waals surface area contributed by atoms with E-state index in [0.29, 0.717) is 12.2 Å². The molecule has 1 amide bonds. The zero-order valence-corrected chi connectivity index (χ0v) is 7.78. The first-order valence-electron chi connectivity index (χ1n) is 4.37. The Morgan fingerprint density at radius 2 is 2.36 bits per heavy atom. The van der Waals surface area contributed by atoms with Gasteiger partial charge in [-0.3, -0.25) is 4.79 Å². The van der Waals surface area contributed by atoms with Crippen LogP contribution in [0.3, 0.4) is 0 Å². The third-order valence-electron chi connectivity index (χ3n) is 2.31. The number of rotatable bonds is 1. The van der Waals surface area contributed by atoms with Gasteiger partial charge in [0.2, 0.25) is 0 Å². The van der Waals surface area contributed by atoms with Crippen LogP contribution < -0.4 is 10.1 Å². The van der Waals surface area contributed by atoms with Gasteiger partial charge >= 0.3 is 0 Å². The summed E-state index contributed by atoms with van der Waals surface area (Å²) in [5, 5.41) is 12.0. The van der Waals surface area contributed by atoms with Gasteiger partial charge in [0.25, 0.3) is 5.91 Å². The molecule has 2 N–H and O–H groups in total. The maximum Gasteiger partial charge on any atom is 0.253 e. The van der Waals surface area contributed by atoms with Gasteiger partial charge in [-0.25, -0.2) is 0 Å². The average Bonchev–Trinajstić information content (AvgIpc) is 2.19. The van der Waals surface area contributed by atoms with Crippen molar-refractivity contribution in [1.82, 2.24) is 0 Å². The van der Waals surface area contributed by atoms with Gasteiger partial charge in [0.15, 0.2) is 0 Å². The number of nitrogens with one attached hydrogen (secondary N) is 1. The Morgan fingerprint density at radius 3 is 3.07 bits per heavy atom. The van der Waals surface area contributed by atoms with E-state index < -0.39 is 6.10 Å². The highest BCUT2D eigenvalue weighted by molar-refractivity contribution is 5.97. The van der Waals surface area contributed by atoms with E-state index in [1.54, 1.807) is 19.2 Å². The third-order valence-corrected chi connectivity index (χ3v) is 2.31. The highest BCUT2D eigenvalue weighted by atomic mass is 16.5. The fraction of sp³-hybridized carbons (Fsp3) is 0.300. The van der Waals surface area contributed by atoms with Crippen LogP contribution in [0.5, 0.6) is 5.75 Å². The SMILES string of the molecule is COc1cccc2c1CC(O)C(=O)N2. The largest absolute Gasteiger partial charge is 0.496 e. The molecule has 1 aromatic carbocycles. The summed E-state index contributed by atoms with van der Waals surface area (Å²) in [5.41, 5.74) is 1.57. The Balaban J connectivity index is 2.46. The lowest BCUT2D eigenvalue weighted by molar-refractivity contribution is -0.124. The van der Waals surface area contributed by atoms with Crippen LogP contribution in [0.15, 0.2) is 18.2 Å². The predicted octanol–water partition coefficient (Wildman–Crippen LogP) is 0.551. The first-order valence-corrected chi connectivity index (χ1v) is 4.37. The second kappa shape index (κ2) is 3.31. The number of hydrogen-bond donors (Lipinski definition) is 2. The molecule has 0 saturated heterocycles. The second-order valence-corrected chi connectivity index (χ2v) is 3.20. The topological polar surface area (TPSA) is 58.6 Å². The number of carbonyl (C=O) groups is 1. The number of benzene rings is 1. The van der Waals surface area contributed by atoms with Crippen LogP contribution in [0.2, 0.25) is 0 Å². The van der Waals surface area contributed by atoms with Crippen LogP contribution in [0, 0.1) is 0 Å². The van der Waals surface area contributed by atoms with Crippen LogP contribution >= 0.6 is 0 Å². The number of aliphatic hydroxyl groups is 1. The van der Waals surface area contributed by atoms with Gasteiger partial charge in [-0.15, -0.1) is 0 Å². The quantitative estimate of drug-likeness (QED) is 0.684. The summed E-state index contributed by atoms with van der Waals surface area (Å²) in [4.78, 5) is 11.2. The van der Waals surface area contributed by atoms with Crippen molar-refractivity contribution in [2.45, 2.75) is 12.5 Å². The fourth-order valence-corrected chi connectivity index (χ4v) is 1.59. The number of aliphatic hydroxyl groups excluding tert-OH is 1. The molecule has 0 bridgehead atoms. The van der Waals surface area contributed by atoms with Crippen LogP contribution in [-0.2, 0) is 11.2 Å². The van der Waals surface area contributed by atoms with Gasteiger partial charge in [-0.1, -0.05) is 6.07 Å². The molecular weight excluding hydrogens is 182 g/mol. The molecular formula is C10H11NO3. The van der Waals surface area contributed by atoms with Gasteiger partial charge < -0.3 is 15.2 Å². The number of methoxy groups -OCH3 is 1. The molecule has 4 nitrogen and oxygen atoms in total. The van der Waals surface area contributed by atoms with E-state index in [2.05, 4.69) is 5.32 Å². The van der Waals surface area contributed by atoms with Crippen molar-refractivity contribution < 1.29 is 14.6 Å². The molecule has 0 spiro atoms. The van der Waals surface area contributed by atoms with Crippen molar-refractivity contribution in [1.29, 1.82) is 0 Å². The van der Waals surface area contributed by atoms with Crippen molar-refractivity contribution in [2.24, 2.45) is 0 Å². The molecule has 1 aromatic rings. The lowest BCUT2D eigenvalue weighted by atomic mass is 10.00. The molecule has 2 rings (SSSR count). The van der Waals surface area contributed by atoms with E-state index in [-0.39, 0.29) is 5.91 Å². The first-order chi connectivity index (χ1) is 6.72. The summed E-state index contributed by atoms with van der Waals surface area (Å²) in [7, 11) is 1.57. The Morgan fingerprint density at radius 1 is 1.57 bits per heavy atom. The zero-order valence-electron chi connectivity index (χ0n) is 7.78. The molecule has 1 aliphatic heterocycles. The minimum atomic E-state index is -0.973. The number of hydrogen-bond acceptors (Lipinski definition) is 3. The van der Waals surface area contributed by atoms with Crippen molar-refractivity contribution in [2.75, 3.05) is 12.4 Å². The Hall–Kier alpha value is -1.55. The summed E-state index contributed by atoms with van der Waals surface area (Å²) < 4.78 is 5.13. The van der Waals surface area contributed by atoms with E-state index in [4.69, 9.17) is 4.74 Å². The summed E-state index contributed by atoms with van der Waals surface area (Å²) in [5.74, 6) is 0.340. The van der Waals surface area contributed by atoms with E-state index in [9.17, 15) is 9.90 Å². The normalized spacial score (nSPS) is 19.9. The highest BCUT2D eigenvalue weighted by Gasteiger charge is 2.25. The molecule has 1 atom stereocenters. The summed E-state index contributed by atoms with van der Waals surface area (Å²) in [6, 6.07) is 5.40. The number of amides is 1. The Bertz CT molecular complexity index is 376. The highest BCUT2D eigenvalue weighted by Crippen LogP contribution is 2.30. The lowest BCUT2D eigenvalue weighted by Crippen LogP contribution is -2.34. The Kier molecular flexibility index (Phi) is 2.13. The average molecular weight is 193 g/mol. The molecule has 4 heteroatoms. The maximum absolute atomic E-state index is 11.2. The monoisotopic (exact) mass is 193 g/mol. The van der Waals surface area contributed by atoms with Gasteiger partial charge in [0.1, 0.15) is 11.9 Å². The van der Waals surface area contributed by atoms with E-state index >= 15 is 0 Å². The lowest BCUT2D eigenvalue weighted by Gasteiger charge is -2.22. The standard InChI is InChI=1S/C10H11NO3/c1-14-9-4-2-3-7-6(9)5-8(12)10(13)11-7/h2-4,8,12H,5H2,1H3,(H,11,13). The van der Waals surface area contributed by atoms with Crippen molar-refractivity contribution in [3.63, 3.8) is 0 Å². The Labute approximate surface area is 81.5 Å². The van der Waals surface area contributed by atoms with Gasteiger partial charge in [-0.05, 0) is 12.1 Å². The van der Waals surface area contributed by atoms with E-state index in [0.717, 1.165) is 11.3 Å². The van der Waals surface area contributed by atoms with Crippen molar-refractivity contribution in [3.05, 3.63) is 23.8 Å². The van der Waals surface area contributed by atoms with Crippen LogP contribution in [0.1, 0.15) is 5.56 Å².